The lowest BCUT2D eigenvalue weighted by Gasteiger charge is -2.23. The lowest BCUT2D eigenvalue weighted by atomic mass is 9.86. The molecule has 0 aromatic heterocycles. The second-order valence-corrected chi connectivity index (χ2v) is 5.83. The third-order valence-electron chi connectivity index (χ3n) is 2.91. The smallest absolute Gasteiger partial charge is 0.346 e. The number of esters is 1. The molecule has 1 rings (SSSR count). The van der Waals surface area contributed by atoms with Gasteiger partial charge in [0.05, 0.1) is 12.8 Å². The van der Waals surface area contributed by atoms with Gasteiger partial charge in [-0.05, 0) is 5.56 Å². The molecule has 0 N–H and O–H groups in total. The number of oxime groups is 1. The number of ether oxygens (including phenoxy) is 1. The fourth-order valence-electron chi connectivity index (χ4n) is 1.48. The monoisotopic (exact) mass is 389 g/mol. The molecule has 0 unspecified atom stereocenters. The minimum atomic E-state index is -0.430. The molecule has 0 aliphatic heterocycles. The first-order valence-corrected chi connectivity index (χ1v) is 7.88. The summed E-state index contributed by atoms with van der Waals surface area (Å²) in [5.41, 5.74) is 2.00. The molecule has 4 nitrogen and oxygen atoms in total. The van der Waals surface area contributed by atoms with Crippen LogP contribution in [0.25, 0.3) is 0 Å². The summed E-state index contributed by atoms with van der Waals surface area (Å²) in [6.45, 7) is 4.07. The van der Waals surface area contributed by atoms with Gasteiger partial charge in [-0.2, -0.15) is 0 Å². The third-order valence-corrected chi connectivity index (χ3v) is 4.82. The van der Waals surface area contributed by atoms with Crippen molar-refractivity contribution in [1.82, 2.24) is 0 Å². The average molecular weight is 389 g/mol. The summed E-state index contributed by atoms with van der Waals surface area (Å²) in [5, 5.41) is 4.16. The molecule has 0 saturated carbocycles. The van der Waals surface area contributed by atoms with Gasteiger partial charge in [0.1, 0.15) is 0 Å². The zero-order chi connectivity index (χ0) is 15.0. The molecule has 0 aliphatic carbocycles. The molecule has 0 fully saturated rings. The molecule has 1 aromatic carbocycles. The molecular weight excluding hydrogens is 369 g/mol. The van der Waals surface area contributed by atoms with E-state index in [2.05, 4.69) is 58.5 Å². The van der Waals surface area contributed by atoms with Crippen LogP contribution in [0, 0.1) is 5.41 Å². The van der Waals surface area contributed by atoms with Crippen molar-refractivity contribution in [3.05, 3.63) is 35.9 Å². The number of hydrogen-bond donors (Lipinski definition) is 0. The van der Waals surface area contributed by atoms with Crippen LogP contribution >= 0.6 is 22.6 Å². The van der Waals surface area contributed by atoms with Crippen LogP contribution in [0.15, 0.2) is 35.5 Å². The Bertz CT molecular complexity index is 457. The highest BCUT2D eigenvalue weighted by Crippen LogP contribution is 2.23. The number of rotatable bonds is 7. The molecule has 0 bridgehead atoms. The molecule has 1 aromatic rings. The summed E-state index contributed by atoms with van der Waals surface area (Å²) < 4.78 is 5.44. The van der Waals surface area contributed by atoms with Crippen LogP contribution in [0.5, 0.6) is 0 Å². The zero-order valence-corrected chi connectivity index (χ0v) is 14.2. The molecule has 5 heteroatoms. The standard InChI is InChI=1S/C15H20INO3/c1-15(2,11-16)13(17-20-10-14(18)19-3)9-12-7-5-4-6-8-12/h4-8H,9-11H2,1-3H3/b17-13+. The number of carbonyl (C=O) groups is 1. The first-order valence-electron chi connectivity index (χ1n) is 6.35. The highest BCUT2D eigenvalue weighted by molar-refractivity contribution is 14.1. The first-order chi connectivity index (χ1) is 9.49. The normalized spacial score (nSPS) is 12.1. The van der Waals surface area contributed by atoms with Crippen LogP contribution in [0.2, 0.25) is 0 Å². The van der Waals surface area contributed by atoms with E-state index < -0.39 is 5.97 Å². The molecule has 0 atom stereocenters. The minimum absolute atomic E-state index is 0.0908. The van der Waals surface area contributed by atoms with Crippen LogP contribution in [0.3, 0.4) is 0 Å². The summed E-state index contributed by atoms with van der Waals surface area (Å²) in [5.74, 6) is -0.430. The van der Waals surface area contributed by atoms with E-state index in [1.165, 1.54) is 12.7 Å². The van der Waals surface area contributed by atoms with Gasteiger partial charge >= 0.3 is 5.97 Å². The minimum Gasteiger partial charge on any atom is -0.466 e. The van der Waals surface area contributed by atoms with Crippen molar-refractivity contribution in [3.63, 3.8) is 0 Å². The van der Waals surface area contributed by atoms with Gasteiger partial charge < -0.3 is 9.57 Å². The van der Waals surface area contributed by atoms with Crippen LogP contribution < -0.4 is 0 Å². The fraction of sp³-hybridized carbons (Fsp3) is 0.467. The zero-order valence-electron chi connectivity index (χ0n) is 12.1. The predicted octanol–water partition coefficient (Wildman–Crippen LogP) is 3.24. The lowest BCUT2D eigenvalue weighted by Crippen LogP contribution is -2.28. The second kappa shape index (κ2) is 8.24. The van der Waals surface area contributed by atoms with E-state index in [4.69, 9.17) is 4.84 Å². The highest BCUT2D eigenvalue weighted by Gasteiger charge is 2.25. The number of nitrogens with zero attached hydrogens (tertiary/aromatic N) is 1. The first kappa shape index (κ1) is 16.9. The molecule has 0 aliphatic rings. The van der Waals surface area contributed by atoms with E-state index in [9.17, 15) is 4.79 Å². The Hall–Kier alpha value is -1.11. The molecule has 20 heavy (non-hydrogen) atoms. The van der Waals surface area contributed by atoms with E-state index in [0.717, 1.165) is 10.1 Å². The van der Waals surface area contributed by atoms with Crippen molar-refractivity contribution >= 4 is 34.3 Å². The Morgan fingerprint density at radius 1 is 1.30 bits per heavy atom. The maximum atomic E-state index is 11.1. The largest absolute Gasteiger partial charge is 0.466 e. The van der Waals surface area contributed by atoms with E-state index >= 15 is 0 Å². The molecule has 0 heterocycles. The number of methoxy groups -OCH3 is 1. The summed E-state index contributed by atoms with van der Waals surface area (Å²) >= 11 is 2.33. The lowest BCUT2D eigenvalue weighted by molar-refractivity contribution is -0.145. The van der Waals surface area contributed by atoms with E-state index in [1.54, 1.807) is 0 Å². The van der Waals surface area contributed by atoms with Crippen molar-refractivity contribution < 1.29 is 14.4 Å². The third kappa shape index (κ3) is 5.48. The molecule has 0 amide bonds. The van der Waals surface area contributed by atoms with Crippen molar-refractivity contribution in [2.45, 2.75) is 20.3 Å². The van der Waals surface area contributed by atoms with E-state index in [0.29, 0.717) is 6.42 Å². The summed E-state index contributed by atoms with van der Waals surface area (Å²) in [4.78, 5) is 16.2. The van der Waals surface area contributed by atoms with Gasteiger partial charge in [0.25, 0.3) is 0 Å². The number of alkyl halides is 1. The van der Waals surface area contributed by atoms with Gasteiger partial charge in [0.15, 0.2) is 0 Å². The van der Waals surface area contributed by atoms with Gasteiger partial charge in [-0.1, -0.05) is 71.9 Å². The Balaban J connectivity index is 2.80. The second-order valence-electron chi connectivity index (χ2n) is 5.07. The Labute approximate surface area is 133 Å². The van der Waals surface area contributed by atoms with Gasteiger partial charge in [-0.15, -0.1) is 0 Å². The highest BCUT2D eigenvalue weighted by atomic mass is 127. The maximum absolute atomic E-state index is 11.1. The number of benzene rings is 1. The Morgan fingerprint density at radius 2 is 1.95 bits per heavy atom. The van der Waals surface area contributed by atoms with Crippen LogP contribution in [0.4, 0.5) is 0 Å². The van der Waals surface area contributed by atoms with Crippen molar-refractivity contribution in [2.24, 2.45) is 10.6 Å². The summed E-state index contributed by atoms with van der Waals surface area (Å²) in [6.07, 6.45) is 0.706. The number of halogens is 1. The van der Waals surface area contributed by atoms with Crippen LogP contribution in [-0.2, 0) is 20.8 Å². The Kier molecular flexibility index (Phi) is 6.98. The van der Waals surface area contributed by atoms with Crippen LogP contribution in [0.1, 0.15) is 19.4 Å². The SMILES string of the molecule is COC(=O)CO/N=C(\Cc1ccccc1)C(C)(C)CI. The van der Waals surface area contributed by atoms with Gasteiger partial charge in [0.2, 0.25) is 6.61 Å². The summed E-state index contributed by atoms with van der Waals surface area (Å²) in [6, 6.07) is 10.1. The van der Waals surface area contributed by atoms with Crippen molar-refractivity contribution in [1.29, 1.82) is 0 Å². The van der Waals surface area contributed by atoms with E-state index in [-0.39, 0.29) is 12.0 Å². The quantitative estimate of drug-likeness (QED) is 0.237. The molecule has 110 valence electrons. The summed E-state index contributed by atoms with van der Waals surface area (Å²) in [7, 11) is 1.33. The van der Waals surface area contributed by atoms with Crippen molar-refractivity contribution in [3.8, 4) is 0 Å². The van der Waals surface area contributed by atoms with Crippen molar-refractivity contribution in [2.75, 3.05) is 18.1 Å². The van der Waals surface area contributed by atoms with Crippen LogP contribution in [-0.4, -0.2) is 29.8 Å². The molecule has 0 spiro atoms. The number of hydrogen-bond acceptors (Lipinski definition) is 4. The average Bonchev–Trinajstić information content (AvgIpc) is 2.47. The molecule has 0 radical (unpaired) electrons. The van der Waals surface area contributed by atoms with Gasteiger partial charge in [-0.3, -0.25) is 0 Å². The maximum Gasteiger partial charge on any atom is 0.346 e. The van der Waals surface area contributed by atoms with Gasteiger partial charge in [-0.25, -0.2) is 4.79 Å². The molecular formula is C15H20INO3. The van der Waals surface area contributed by atoms with E-state index in [1.807, 2.05) is 18.2 Å². The van der Waals surface area contributed by atoms with Gasteiger partial charge in [0, 0.05) is 16.3 Å². The molecule has 0 saturated heterocycles. The topological polar surface area (TPSA) is 47.9 Å². The fourth-order valence-corrected chi connectivity index (χ4v) is 1.92. The predicted molar refractivity (Wildman–Crippen MR) is 88.2 cm³/mol. The number of carbonyl (C=O) groups excluding carboxylic acids is 1. The Morgan fingerprint density at radius 3 is 2.50 bits per heavy atom.